The first-order valence-electron chi connectivity index (χ1n) is 8.52. The highest BCUT2D eigenvalue weighted by Gasteiger charge is 2.20. The molecule has 9 heteroatoms. The monoisotopic (exact) mass is 458 g/mol. The number of carbonyl (C=O) groups is 1. The van der Waals surface area contributed by atoms with Gasteiger partial charge in [0.25, 0.3) is 0 Å². The molecule has 29 heavy (non-hydrogen) atoms. The second kappa shape index (κ2) is 10.7. The van der Waals surface area contributed by atoms with E-state index in [0.717, 1.165) is 0 Å². The van der Waals surface area contributed by atoms with Crippen LogP contribution >= 0.6 is 23.2 Å². The molecule has 0 saturated carbocycles. The predicted molar refractivity (Wildman–Crippen MR) is 110 cm³/mol. The van der Waals surface area contributed by atoms with Crippen molar-refractivity contribution in [2.75, 3.05) is 19.1 Å². The van der Waals surface area contributed by atoms with Crippen molar-refractivity contribution in [2.45, 2.75) is 22.8 Å². The SMILES string of the molecule is [CH2][CH]COc1ccc(S(=O)(=O)c2ccc(OCC(CCl)OC(C)=O)c(Cl)c2)cc1. The molecule has 0 aliphatic heterocycles. The number of benzene rings is 2. The molecule has 2 aromatic carbocycles. The predicted octanol–water partition coefficient (Wildman–Crippen LogP) is 4.14. The first-order chi connectivity index (χ1) is 13.8. The first-order valence-corrected chi connectivity index (χ1v) is 10.9. The van der Waals surface area contributed by atoms with Crippen LogP contribution in [0.3, 0.4) is 0 Å². The molecule has 2 aromatic rings. The number of hydrogen-bond acceptors (Lipinski definition) is 6. The maximum Gasteiger partial charge on any atom is 0.303 e. The molecule has 2 radical (unpaired) electrons. The van der Waals surface area contributed by atoms with Crippen LogP contribution in [-0.2, 0) is 19.4 Å². The zero-order chi connectivity index (χ0) is 21.4. The lowest BCUT2D eigenvalue weighted by Crippen LogP contribution is -2.25. The van der Waals surface area contributed by atoms with Crippen molar-refractivity contribution < 1.29 is 27.4 Å². The number of esters is 1. The number of ether oxygens (including phenoxy) is 3. The molecule has 0 aliphatic carbocycles. The highest BCUT2D eigenvalue weighted by Crippen LogP contribution is 2.31. The Morgan fingerprint density at radius 2 is 1.79 bits per heavy atom. The lowest BCUT2D eigenvalue weighted by atomic mass is 10.3. The Morgan fingerprint density at radius 3 is 2.34 bits per heavy atom. The van der Waals surface area contributed by atoms with E-state index in [1.54, 1.807) is 18.6 Å². The summed E-state index contributed by atoms with van der Waals surface area (Å²) in [5.74, 6) is 0.358. The van der Waals surface area contributed by atoms with Gasteiger partial charge in [-0.3, -0.25) is 4.79 Å². The van der Waals surface area contributed by atoms with Crippen LogP contribution in [0.2, 0.25) is 5.02 Å². The molecule has 0 fully saturated rings. The van der Waals surface area contributed by atoms with Crippen LogP contribution in [-0.4, -0.2) is 39.6 Å². The zero-order valence-electron chi connectivity index (χ0n) is 15.6. The van der Waals surface area contributed by atoms with Crippen LogP contribution in [0.5, 0.6) is 11.5 Å². The fourth-order valence-electron chi connectivity index (χ4n) is 2.30. The van der Waals surface area contributed by atoms with Gasteiger partial charge >= 0.3 is 5.97 Å². The molecular formula is C20H20Cl2O6S. The van der Waals surface area contributed by atoms with Crippen molar-refractivity contribution in [3.8, 4) is 11.5 Å². The molecule has 0 bridgehead atoms. The lowest BCUT2D eigenvalue weighted by Gasteiger charge is -2.16. The summed E-state index contributed by atoms with van der Waals surface area (Å²) in [6, 6.07) is 10.2. The molecule has 156 valence electrons. The van der Waals surface area contributed by atoms with Crippen LogP contribution in [0.25, 0.3) is 0 Å². The molecule has 0 aliphatic rings. The highest BCUT2D eigenvalue weighted by atomic mass is 35.5. The molecule has 2 rings (SSSR count). The third-order valence-electron chi connectivity index (χ3n) is 3.64. The minimum absolute atomic E-state index is 0.0128. The first kappa shape index (κ1) is 23.3. The Bertz CT molecular complexity index is 928. The summed E-state index contributed by atoms with van der Waals surface area (Å²) < 4.78 is 41.5. The van der Waals surface area contributed by atoms with Gasteiger partial charge in [-0.1, -0.05) is 11.6 Å². The van der Waals surface area contributed by atoms with Crippen LogP contribution in [0, 0.1) is 13.3 Å². The largest absolute Gasteiger partial charge is 0.493 e. The highest BCUT2D eigenvalue weighted by molar-refractivity contribution is 7.91. The number of alkyl halides is 1. The Balaban J connectivity index is 2.14. The molecule has 0 saturated heterocycles. The van der Waals surface area contributed by atoms with Gasteiger partial charge in [-0.25, -0.2) is 8.42 Å². The third-order valence-corrected chi connectivity index (χ3v) is 6.05. The Morgan fingerprint density at radius 1 is 1.14 bits per heavy atom. The van der Waals surface area contributed by atoms with E-state index in [-0.39, 0.29) is 33.0 Å². The number of rotatable bonds is 10. The van der Waals surface area contributed by atoms with E-state index < -0.39 is 21.9 Å². The average Bonchev–Trinajstić information content (AvgIpc) is 2.70. The van der Waals surface area contributed by atoms with Crippen LogP contribution in [0.1, 0.15) is 6.92 Å². The summed E-state index contributed by atoms with van der Waals surface area (Å²) in [6.45, 7) is 5.14. The van der Waals surface area contributed by atoms with Gasteiger partial charge in [0.15, 0.2) is 0 Å². The van der Waals surface area contributed by atoms with E-state index in [4.69, 9.17) is 37.4 Å². The number of hydrogen-bond donors (Lipinski definition) is 0. The van der Waals surface area contributed by atoms with Crippen molar-refractivity contribution in [1.29, 1.82) is 0 Å². The van der Waals surface area contributed by atoms with Crippen LogP contribution in [0.15, 0.2) is 52.3 Å². The molecule has 1 unspecified atom stereocenters. The van der Waals surface area contributed by atoms with Gasteiger partial charge in [0, 0.05) is 6.92 Å². The van der Waals surface area contributed by atoms with Crippen molar-refractivity contribution in [2.24, 2.45) is 0 Å². The van der Waals surface area contributed by atoms with Gasteiger partial charge in [0.05, 0.1) is 27.3 Å². The van der Waals surface area contributed by atoms with Crippen molar-refractivity contribution in [3.05, 3.63) is 60.8 Å². The van der Waals surface area contributed by atoms with Gasteiger partial charge in [0.2, 0.25) is 9.84 Å². The van der Waals surface area contributed by atoms with Gasteiger partial charge in [0.1, 0.15) is 24.2 Å². The number of halogens is 2. The lowest BCUT2D eigenvalue weighted by molar-refractivity contribution is -0.146. The van der Waals surface area contributed by atoms with Crippen molar-refractivity contribution in [3.63, 3.8) is 0 Å². The zero-order valence-corrected chi connectivity index (χ0v) is 18.0. The summed E-state index contributed by atoms with van der Waals surface area (Å²) in [4.78, 5) is 11.1. The smallest absolute Gasteiger partial charge is 0.303 e. The standard InChI is InChI=1S/C20H20Cl2O6S/c1-3-10-26-15-4-6-17(7-5-15)29(24,25)18-8-9-20(19(22)11-18)27-13-16(12-21)28-14(2)23/h3-9,11,16H,1,10,12-13H2,2H3. The molecule has 0 spiro atoms. The summed E-state index contributed by atoms with van der Waals surface area (Å²) in [5.41, 5.74) is 0. The maximum atomic E-state index is 12.8. The summed E-state index contributed by atoms with van der Waals surface area (Å²) in [7, 11) is -3.77. The summed E-state index contributed by atoms with van der Waals surface area (Å²) >= 11 is 11.9. The molecule has 0 amide bonds. The second-order valence-electron chi connectivity index (χ2n) is 5.86. The van der Waals surface area contributed by atoms with E-state index in [2.05, 4.69) is 6.92 Å². The minimum Gasteiger partial charge on any atom is -0.493 e. The fourth-order valence-corrected chi connectivity index (χ4v) is 4.04. The van der Waals surface area contributed by atoms with Crippen molar-refractivity contribution in [1.82, 2.24) is 0 Å². The number of carbonyl (C=O) groups excluding carboxylic acids is 1. The molecule has 0 heterocycles. The van der Waals surface area contributed by atoms with Gasteiger partial charge in [-0.05, 0) is 55.8 Å². The van der Waals surface area contributed by atoms with E-state index in [9.17, 15) is 13.2 Å². The van der Waals surface area contributed by atoms with Crippen LogP contribution < -0.4 is 9.47 Å². The van der Waals surface area contributed by atoms with Gasteiger partial charge < -0.3 is 14.2 Å². The average molecular weight is 459 g/mol. The molecular weight excluding hydrogens is 439 g/mol. The van der Waals surface area contributed by atoms with Gasteiger partial charge in [-0.2, -0.15) is 0 Å². The molecule has 1 atom stereocenters. The van der Waals surface area contributed by atoms with E-state index in [1.165, 1.54) is 37.3 Å². The Kier molecular flexibility index (Phi) is 8.61. The van der Waals surface area contributed by atoms with Crippen molar-refractivity contribution >= 4 is 39.0 Å². The van der Waals surface area contributed by atoms with Crippen LogP contribution in [0.4, 0.5) is 0 Å². The second-order valence-corrected chi connectivity index (χ2v) is 8.53. The van der Waals surface area contributed by atoms with Gasteiger partial charge in [-0.15, -0.1) is 11.6 Å². The van der Waals surface area contributed by atoms with E-state index in [1.807, 2.05) is 0 Å². The summed E-state index contributed by atoms with van der Waals surface area (Å²) in [6.07, 6.45) is 0.952. The third kappa shape index (κ3) is 6.52. The fraction of sp³-hybridized carbons (Fsp3) is 0.250. The molecule has 0 N–H and O–H groups in total. The number of sulfone groups is 1. The topological polar surface area (TPSA) is 78.9 Å². The van der Waals surface area contributed by atoms with E-state index >= 15 is 0 Å². The molecule has 6 nitrogen and oxygen atoms in total. The quantitative estimate of drug-likeness (QED) is 0.393. The Hall–Kier alpha value is -1.96. The van der Waals surface area contributed by atoms with E-state index in [0.29, 0.717) is 12.4 Å². The minimum atomic E-state index is -3.77. The molecule has 0 aromatic heterocycles. The summed E-state index contributed by atoms with van der Waals surface area (Å²) in [5, 5.41) is 0.105. The Labute approximate surface area is 180 Å². The maximum absolute atomic E-state index is 12.8. The normalized spacial score (nSPS) is 12.3.